The fourth-order valence-electron chi connectivity index (χ4n) is 2.44. The molecule has 1 unspecified atom stereocenters. The van der Waals surface area contributed by atoms with Crippen LogP contribution in [0.2, 0.25) is 0 Å². The van der Waals surface area contributed by atoms with Crippen LogP contribution in [0.25, 0.3) is 11.1 Å². The highest BCUT2D eigenvalue weighted by Crippen LogP contribution is 2.27. The molecule has 1 saturated heterocycles. The van der Waals surface area contributed by atoms with Gasteiger partial charge in [-0.15, -0.1) is 23.7 Å². The molecule has 7 heteroatoms. The zero-order chi connectivity index (χ0) is 16.1. The van der Waals surface area contributed by atoms with E-state index in [-0.39, 0.29) is 24.4 Å². The number of ether oxygens (including phenoxy) is 2. The highest BCUT2D eigenvalue weighted by Gasteiger charge is 2.20. The summed E-state index contributed by atoms with van der Waals surface area (Å²) in [6, 6.07) is 9.83. The predicted octanol–water partition coefficient (Wildman–Crippen LogP) is 2.45. The lowest BCUT2D eigenvalue weighted by Gasteiger charge is -2.22. The lowest BCUT2D eigenvalue weighted by Crippen LogP contribution is -2.50. The molecule has 0 spiro atoms. The van der Waals surface area contributed by atoms with Gasteiger partial charge >= 0.3 is 0 Å². The maximum Gasteiger partial charge on any atom is 0.239 e. The first kappa shape index (κ1) is 18.7. The molecule has 1 aliphatic heterocycles. The van der Waals surface area contributed by atoms with Gasteiger partial charge in [0.25, 0.3) is 0 Å². The first-order valence-corrected chi connectivity index (χ1v) is 8.45. The second-order valence-electron chi connectivity index (χ2n) is 5.33. The second kappa shape index (κ2) is 9.03. The van der Waals surface area contributed by atoms with Crippen LogP contribution in [0.4, 0.5) is 0 Å². The minimum absolute atomic E-state index is 0. The Labute approximate surface area is 151 Å². The van der Waals surface area contributed by atoms with Crippen LogP contribution in [-0.4, -0.2) is 38.8 Å². The number of hydrogen-bond donors (Lipinski definition) is 2. The largest absolute Gasteiger partial charge is 0.497 e. The van der Waals surface area contributed by atoms with Gasteiger partial charge < -0.3 is 20.1 Å². The van der Waals surface area contributed by atoms with E-state index in [0.717, 1.165) is 28.3 Å². The highest BCUT2D eigenvalue weighted by molar-refractivity contribution is 7.10. The van der Waals surface area contributed by atoms with Gasteiger partial charge in [-0.2, -0.15) is 0 Å². The van der Waals surface area contributed by atoms with Gasteiger partial charge in [-0.1, -0.05) is 12.1 Å². The molecule has 24 heavy (non-hydrogen) atoms. The molecule has 1 aliphatic rings. The standard InChI is InChI=1S/C17H20N2O3S.ClH/c1-21-14-4-2-12(3-5-14)13-8-15(23-11-13)9-19-17(20)16-10-22-7-6-18-16;/h2-5,8,11,16,18H,6-7,9-10H2,1H3,(H,19,20);1H. The summed E-state index contributed by atoms with van der Waals surface area (Å²) in [5, 5.41) is 8.21. The summed E-state index contributed by atoms with van der Waals surface area (Å²) in [5.41, 5.74) is 2.29. The van der Waals surface area contributed by atoms with Gasteiger partial charge in [0, 0.05) is 11.4 Å². The van der Waals surface area contributed by atoms with Crippen molar-refractivity contribution in [3.05, 3.63) is 40.6 Å². The first-order chi connectivity index (χ1) is 11.3. The van der Waals surface area contributed by atoms with Crippen molar-refractivity contribution in [1.82, 2.24) is 10.6 Å². The van der Waals surface area contributed by atoms with E-state index in [1.165, 1.54) is 0 Å². The molecule has 0 aliphatic carbocycles. The molecule has 2 aromatic rings. The summed E-state index contributed by atoms with van der Waals surface area (Å²) in [4.78, 5) is 13.2. The van der Waals surface area contributed by atoms with E-state index in [1.54, 1.807) is 18.4 Å². The minimum atomic E-state index is -0.246. The molecule has 1 aromatic carbocycles. The zero-order valence-electron chi connectivity index (χ0n) is 13.4. The Morgan fingerprint density at radius 1 is 1.38 bits per heavy atom. The number of nitrogens with one attached hydrogen (secondary N) is 2. The molecule has 5 nitrogen and oxygen atoms in total. The van der Waals surface area contributed by atoms with Crippen molar-refractivity contribution in [2.75, 3.05) is 26.9 Å². The molecule has 3 rings (SSSR count). The third-order valence-corrected chi connectivity index (χ3v) is 4.69. The second-order valence-corrected chi connectivity index (χ2v) is 6.33. The maximum absolute atomic E-state index is 12.1. The average Bonchev–Trinajstić information content (AvgIpc) is 3.09. The summed E-state index contributed by atoms with van der Waals surface area (Å²) in [6.07, 6.45) is 0. The number of halogens is 1. The van der Waals surface area contributed by atoms with Gasteiger partial charge in [-0.05, 0) is 34.7 Å². The van der Waals surface area contributed by atoms with E-state index in [0.29, 0.717) is 19.8 Å². The molecule has 0 bridgehead atoms. The summed E-state index contributed by atoms with van der Waals surface area (Å²) < 4.78 is 10.5. The number of morpholine rings is 1. The molecule has 1 atom stereocenters. The van der Waals surface area contributed by atoms with Crippen LogP contribution in [0, 0.1) is 0 Å². The van der Waals surface area contributed by atoms with Crippen molar-refractivity contribution < 1.29 is 14.3 Å². The minimum Gasteiger partial charge on any atom is -0.497 e. The highest BCUT2D eigenvalue weighted by atomic mass is 35.5. The van der Waals surface area contributed by atoms with Gasteiger partial charge in [0.05, 0.1) is 26.9 Å². The number of benzene rings is 1. The average molecular weight is 369 g/mol. The van der Waals surface area contributed by atoms with Crippen molar-refractivity contribution in [1.29, 1.82) is 0 Å². The SMILES string of the molecule is COc1ccc(-c2csc(CNC(=O)C3COCCN3)c2)cc1.Cl. The number of thiophene rings is 1. The third-order valence-electron chi connectivity index (χ3n) is 3.75. The van der Waals surface area contributed by atoms with Crippen molar-refractivity contribution in [3.63, 3.8) is 0 Å². The van der Waals surface area contributed by atoms with Crippen molar-refractivity contribution in [2.24, 2.45) is 0 Å². The lowest BCUT2D eigenvalue weighted by atomic mass is 10.1. The smallest absolute Gasteiger partial charge is 0.239 e. The molecule has 0 radical (unpaired) electrons. The van der Waals surface area contributed by atoms with E-state index >= 15 is 0 Å². The van der Waals surface area contributed by atoms with Crippen LogP contribution in [0.3, 0.4) is 0 Å². The van der Waals surface area contributed by atoms with Gasteiger partial charge in [0.1, 0.15) is 11.8 Å². The van der Waals surface area contributed by atoms with E-state index < -0.39 is 0 Å². The Balaban J connectivity index is 0.00000208. The number of carbonyl (C=O) groups excluding carboxylic acids is 1. The molecular formula is C17H21ClN2O3S. The summed E-state index contributed by atoms with van der Waals surface area (Å²) in [5.74, 6) is 0.836. The normalized spacial score (nSPS) is 17.0. The van der Waals surface area contributed by atoms with Crippen molar-refractivity contribution in [2.45, 2.75) is 12.6 Å². The number of hydrogen-bond acceptors (Lipinski definition) is 5. The van der Waals surface area contributed by atoms with Crippen LogP contribution < -0.4 is 15.4 Å². The van der Waals surface area contributed by atoms with Crippen molar-refractivity contribution >= 4 is 29.7 Å². The fourth-order valence-corrected chi connectivity index (χ4v) is 3.27. The Bertz CT molecular complexity index is 654. The van der Waals surface area contributed by atoms with E-state index in [4.69, 9.17) is 9.47 Å². The van der Waals surface area contributed by atoms with Crippen LogP contribution in [-0.2, 0) is 16.1 Å². The van der Waals surface area contributed by atoms with Crippen LogP contribution in [0.5, 0.6) is 5.75 Å². The molecule has 0 saturated carbocycles. The fraction of sp³-hybridized carbons (Fsp3) is 0.353. The van der Waals surface area contributed by atoms with Gasteiger partial charge in [-0.25, -0.2) is 0 Å². The molecule has 1 amide bonds. The summed E-state index contributed by atoms with van der Waals surface area (Å²) in [7, 11) is 1.66. The molecule has 2 heterocycles. The number of amides is 1. The Hall–Kier alpha value is -1.60. The first-order valence-electron chi connectivity index (χ1n) is 7.57. The van der Waals surface area contributed by atoms with Gasteiger partial charge in [0.15, 0.2) is 0 Å². The van der Waals surface area contributed by atoms with Crippen LogP contribution in [0.15, 0.2) is 35.7 Å². The summed E-state index contributed by atoms with van der Waals surface area (Å²) in [6.45, 7) is 2.36. The van der Waals surface area contributed by atoms with E-state index in [9.17, 15) is 4.79 Å². The van der Waals surface area contributed by atoms with Crippen LogP contribution >= 0.6 is 23.7 Å². The van der Waals surface area contributed by atoms with Gasteiger partial charge in [-0.3, -0.25) is 4.79 Å². The molecule has 1 fully saturated rings. The molecule has 2 N–H and O–H groups in total. The zero-order valence-corrected chi connectivity index (χ0v) is 15.0. The monoisotopic (exact) mass is 368 g/mol. The quantitative estimate of drug-likeness (QED) is 0.851. The molecular weight excluding hydrogens is 348 g/mol. The van der Waals surface area contributed by atoms with Gasteiger partial charge in [0.2, 0.25) is 5.91 Å². The Kier molecular flexibility index (Phi) is 7.05. The topological polar surface area (TPSA) is 59.6 Å². The number of methoxy groups -OCH3 is 1. The van der Waals surface area contributed by atoms with Crippen molar-refractivity contribution in [3.8, 4) is 16.9 Å². The maximum atomic E-state index is 12.1. The van der Waals surface area contributed by atoms with Crippen LogP contribution in [0.1, 0.15) is 4.88 Å². The van der Waals surface area contributed by atoms with E-state index in [2.05, 4.69) is 22.1 Å². The summed E-state index contributed by atoms with van der Waals surface area (Å²) >= 11 is 1.65. The molecule has 130 valence electrons. The third kappa shape index (κ3) is 4.70. The predicted molar refractivity (Wildman–Crippen MR) is 98.0 cm³/mol. The van der Waals surface area contributed by atoms with E-state index in [1.807, 2.05) is 24.3 Å². The lowest BCUT2D eigenvalue weighted by molar-refractivity contribution is -0.126. The number of carbonyl (C=O) groups is 1. The molecule has 1 aromatic heterocycles. The Morgan fingerprint density at radius 3 is 2.83 bits per heavy atom. The number of rotatable bonds is 5. The Morgan fingerprint density at radius 2 is 2.17 bits per heavy atom.